The fraction of sp³-hybridized carbons (Fsp3) is 0.846. The molecular weight excluding hydrogens is 264 g/mol. The molecule has 0 aromatic carbocycles. The molecule has 7 nitrogen and oxygen atoms in total. The maximum atomic E-state index is 11.8. The van der Waals surface area contributed by atoms with Crippen LogP contribution >= 0.6 is 0 Å². The Morgan fingerprint density at radius 1 is 1.15 bits per heavy atom. The Hall–Kier alpha value is -1.18. The Balaban J connectivity index is 1.80. The molecule has 7 heteroatoms. The average Bonchev–Trinajstić information content (AvgIpc) is 2.79. The number of aliphatic hydroxyl groups is 1. The molecular formula is C13H22N2O5. The van der Waals surface area contributed by atoms with E-state index in [1.165, 1.54) is 0 Å². The molecule has 2 fully saturated rings. The first-order valence-electron chi connectivity index (χ1n) is 7.01. The molecule has 1 amide bonds. The van der Waals surface area contributed by atoms with Gasteiger partial charge < -0.3 is 19.8 Å². The van der Waals surface area contributed by atoms with Gasteiger partial charge in [0.25, 0.3) is 0 Å². The van der Waals surface area contributed by atoms with Crippen LogP contribution < -0.4 is 0 Å². The molecule has 1 atom stereocenters. The molecule has 2 aliphatic heterocycles. The lowest BCUT2D eigenvalue weighted by Crippen LogP contribution is -2.49. The zero-order chi connectivity index (χ0) is 14.6. The summed E-state index contributed by atoms with van der Waals surface area (Å²) in [6.07, 6.45) is 0.392. The van der Waals surface area contributed by atoms with Gasteiger partial charge >= 0.3 is 5.97 Å². The molecule has 2 rings (SSSR count). The number of carbonyl (C=O) groups excluding carboxylic acids is 1. The summed E-state index contributed by atoms with van der Waals surface area (Å²) < 4.78 is 5.27. The van der Waals surface area contributed by atoms with E-state index in [4.69, 9.17) is 9.84 Å². The van der Waals surface area contributed by atoms with Gasteiger partial charge in [0, 0.05) is 32.6 Å². The van der Waals surface area contributed by atoms with Crippen molar-refractivity contribution in [2.75, 3.05) is 45.9 Å². The van der Waals surface area contributed by atoms with Gasteiger partial charge in [-0.15, -0.1) is 0 Å². The molecule has 114 valence electrons. The Labute approximate surface area is 118 Å². The van der Waals surface area contributed by atoms with Gasteiger partial charge in [-0.2, -0.15) is 0 Å². The number of rotatable bonds is 5. The molecule has 20 heavy (non-hydrogen) atoms. The largest absolute Gasteiger partial charge is 0.481 e. The normalized spacial score (nSPS) is 27.8. The van der Waals surface area contributed by atoms with E-state index in [0.717, 1.165) is 13.1 Å². The minimum atomic E-state index is -0.971. The first kappa shape index (κ1) is 15.2. The first-order chi connectivity index (χ1) is 9.48. The van der Waals surface area contributed by atoms with Crippen LogP contribution in [0.25, 0.3) is 0 Å². The fourth-order valence-corrected chi connectivity index (χ4v) is 2.75. The Bertz CT molecular complexity index is 370. The summed E-state index contributed by atoms with van der Waals surface area (Å²) in [4.78, 5) is 26.0. The molecule has 0 aromatic rings. The Kier molecular flexibility index (Phi) is 4.95. The second-order valence-electron chi connectivity index (χ2n) is 5.57. The van der Waals surface area contributed by atoms with E-state index >= 15 is 0 Å². The number of β-amino-alcohol motifs (C(OH)–C–C–N with tert-alkyl or cyclic N) is 1. The van der Waals surface area contributed by atoms with E-state index in [0.29, 0.717) is 39.3 Å². The van der Waals surface area contributed by atoms with E-state index in [2.05, 4.69) is 4.90 Å². The fourth-order valence-electron chi connectivity index (χ4n) is 2.75. The van der Waals surface area contributed by atoms with Crippen LogP contribution in [0.5, 0.6) is 0 Å². The number of nitrogens with zero attached hydrogens (tertiary/aromatic N) is 2. The number of morpholine rings is 1. The van der Waals surface area contributed by atoms with Gasteiger partial charge in [0.1, 0.15) is 0 Å². The van der Waals surface area contributed by atoms with Crippen molar-refractivity contribution in [1.29, 1.82) is 0 Å². The van der Waals surface area contributed by atoms with E-state index in [9.17, 15) is 14.7 Å². The SMILES string of the molecule is O=C(O)CCC(=O)N1CCC(O)(CN2CCOCC2)C1. The number of amides is 1. The van der Waals surface area contributed by atoms with Gasteiger partial charge in [-0.3, -0.25) is 14.5 Å². The Morgan fingerprint density at radius 3 is 2.50 bits per heavy atom. The number of aliphatic carboxylic acids is 1. The predicted octanol–water partition coefficient (Wildman–Crippen LogP) is -0.853. The van der Waals surface area contributed by atoms with Crippen LogP contribution in [-0.4, -0.2) is 83.4 Å². The predicted molar refractivity (Wildman–Crippen MR) is 70.3 cm³/mol. The maximum absolute atomic E-state index is 11.8. The molecule has 2 aliphatic rings. The summed E-state index contributed by atoms with van der Waals surface area (Å²) in [7, 11) is 0. The van der Waals surface area contributed by atoms with E-state index in [1.54, 1.807) is 4.90 Å². The summed E-state index contributed by atoms with van der Waals surface area (Å²) in [5.74, 6) is -1.16. The summed E-state index contributed by atoms with van der Waals surface area (Å²) in [5.41, 5.74) is -0.879. The van der Waals surface area contributed by atoms with Crippen molar-refractivity contribution >= 4 is 11.9 Å². The highest BCUT2D eigenvalue weighted by molar-refractivity contribution is 5.81. The zero-order valence-corrected chi connectivity index (χ0v) is 11.6. The number of carbonyl (C=O) groups is 2. The lowest BCUT2D eigenvalue weighted by atomic mass is 10.0. The number of likely N-dealkylation sites (tertiary alicyclic amines) is 1. The van der Waals surface area contributed by atoms with Crippen molar-refractivity contribution in [3.8, 4) is 0 Å². The summed E-state index contributed by atoms with van der Waals surface area (Å²) in [6.45, 7) is 4.29. The van der Waals surface area contributed by atoms with Crippen molar-refractivity contribution in [3.05, 3.63) is 0 Å². The molecule has 0 spiro atoms. The van der Waals surface area contributed by atoms with Crippen LogP contribution in [-0.2, 0) is 14.3 Å². The summed E-state index contributed by atoms with van der Waals surface area (Å²) >= 11 is 0. The van der Waals surface area contributed by atoms with E-state index in [-0.39, 0.29) is 18.7 Å². The number of ether oxygens (including phenoxy) is 1. The third-order valence-corrected chi connectivity index (χ3v) is 3.86. The molecule has 0 bridgehead atoms. The van der Waals surface area contributed by atoms with Crippen molar-refractivity contribution in [3.63, 3.8) is 0 Å². The Morgan fingerprint density at radius 2 is 1.85 bits per heavy atom. The molecule has 0 saturated carbocycles. The third-order valence-electron chi connectivity index (χ3n) is 3.86. The van der Waals surface area contributed by atoms with Gasteiger partial charge in [-0.25, -0.2) is 0 Å². The number of carboxylic acids is 1. The topological polar surface area (TPSA) is 90.3 Å². The average molecular weight is 286 g/mol. The number of carboxylic acid groups (broad SMARTS) is 1. The smallest absolute Gasteiger partial charge is 0.303 e. The van der Waals surface area contributed by atoms with Gasteiger partial charge in [0.05, 0.1) is 31.8 Å². The van der Waals surface area contributed by atoms with Crippen molar-refractivity contribution in [2.24, 2.45) is 0 Å². The van der Waals surface area contributed by atoms with Crippen LogP contribution in [0.1, 0.15) is 19.3 Å². The molecule has 0 aromatic heterocycles. The summed E-state index contributed by atoms with van der Waals surface area (Å²) in [5, 5.41) is 19.1. The van der Waals surface area contributed by atoms with Crippen LogP contribution in [0.15, 0.2) is 0 Å². The van der Waals surface area contributed by atoms with Gasteiger partial charge in [-0.05, 0) is 6.42 Å². The van der Waals surface area contributed by atoms with Crippen molar-refractivity contribution in [1.82, 2.24) is 9.80 Å². The van der Waals surface area contributed by atoms with Crippen LogP contribution in [0.2, 0.25) is 0 Å². The molecule has 2 N–H and O–H groups in total. The quantitative estimate of drug-likeness (QED) is 0.684. The lowest BCUT2D eigenvalue weighted by Gasteiger charge is -2.33. The highest BCUT2D eigenvalue weighted by atomic mass is 16.5. The molecule has 0 radical (unpaired) electrons. The summed E-state index contributed by atoms with van der Waals surface area (Å²) in [6, 6.07) is 0. The minimum Gasteiger partial charge on any atom is -0.481 e. The minimum absolute atomic E-state index is 0.00294. The third kappa shape index (κ3) is 4.16. The van der Waals surface area contributed by atoms with E-state index < -0.39 is 11.6 Å². The zero-order valence-electron chi connectivity index (χ0n) is 11.6. The lowest BCUT2D eigenvalue weighted by molar-refractivity contribution is -0.140. The number of hydrogen-bond acceptors (Lipinski definition) is 5. The first-order valence-corrected chi connectivity index (χ1v) is 7.01. The molecule has 2 heterocycles. The highest BCUT2D eigenvalue weighted by Gasteiger charge is 2.39. The van der Waals surface area contributed by atoms with Crippen LogP contribution in [0, 0.1) is 0 Å². The van der Waals surface area contributed by atoms with Crippen LogP contribution in [0.4, 0.5) is 0 Å². The molecule has 2 saturated heterocycles. The van der Waals surface area contributed by atoms with Gasteiger partial charge in [0.15, 0.2) is 0 Å². The standard InChI is InChI=1S/C13H22N2O5/c16-11(1-2-12(17)18)15-4-3-13(19,10-15)9-14-5-7-20-8-6-14/h19H,1-10H2,(H,17,18). The van der Waals surface area contributed by atoms with Crippen LogP contribution in [0.3, 0.4) is 0 Å². The van der Waals surface area contributed by atoms with Crippen molar-refractivity contribution in [2.45, 2.75) is 24.9 Å². The second kappa shape index (κ2) is 6.51. The molecule has 1 unspecified atom stereocenters. The molecule has 0 aliphatic carbocycles. The number of hydrogen-bond donors (Lipinski definition) is 2. The second-order valence-corrected chi connectivity index (χ2v) is 5.57. The van der Waals surface area contributed by atoms with Crippen molar-refractivity contribution < 1.29 is 24.5 Å². The van der Waals surface area contributed by atoms with E-state index in [1.807, 2.05) is 0 Å². The van der Waals surface area contributed by atoms with Gasteiger partial charge in [-0.1, -0.05) is 0 Å². The van der Waals surface area contributed by atoms with Gasteiger partial charge in [0.2, 0.25) is 5.91 Å². The highest BCUT2D eigenvalue weighted by Crippen LogP contribution is 2.23. The maximum Gasteiger partial charge on any atom is 0.303 e. The monoisotopic (exact) mass is 286 g/mol.